The summed E-state index contributed by atoms with van der Waals surface area (Å²) >= 11 is 7.38. The third-order valence-electron chi connectivity index (χ3n) is 4.64. The Morgan fingerprint density at radius 1 is 1.35 bits per heavy atom. The van der Waals surface area contributed by atoms with E-state index in [9.17, 15) is 9.59 Å². The Morgan fingerprint density at radius 2 is 2.23 bits per heavy atom. The van der Waals surface area contributed by atoms with Gasteiger partial charge in [0.25, 0.3) is 5.91 Å². The van der Waals surface area contributed by atoms with Crippen LogP contribution in [-0.4, -0.2) is 16.7 Å². The van der Waals surface area contributed by atoms with Crippen LogP contribution in [0.25, 0.3) is 10.2 Å². The Bertz CT molecular complexity index is 935. The van der Waals surface area contributed by atoms with Crippen molar-refractivity contribution in [3.05, 3.63) is 58.0 Å². The Kier molecular flexibility index (Phi) is 4.70. The van der Waals surface area contributed by atoms with E-state index < -0.39 is 0 Å². The van der Waals surface area contributed by atoms with Gasteiger partial charge in [-0.3, -0.25) is 9.59 Å². The molecule has 2 aliphatic rings. The molecule has 0 saturated heterocycles. The molecule has 1 aliphatic heterocycles. The van der Waals surface area contributed by atoms with Crippen molar-refractivity contribution in [3.8, 4) is 0 Å². The largest absolute Gasteiger partial charge is 0.365 e. The fraction of sp³-hybridized carbons (Fsp3) is 0.263. The second kappa shape index (κ2) is 7.13. The van der Waals surface area contributed by atoms with Gasteiger partial charge in [-0.2, -0.15) is 0 Å². The summed E-state index contributed by atoms with van der Waals surface area (Å²) in [7, 11) is 0. The van der Waals surface area contributed by atoms with E-state index in [4.69, 9.17) is 11.6 Å². The topological polar surface area (TPSA) is 74.0 Å². The number of ketones is 1. The minimum atomic E-state index is -0.207. The molecular weight excluding hydrogens is 370 g/mol. The number of aromatic amines is 1. The first-order chi connectivity index (χ1) is 12.6. The van der Waals surface area contributed by atoms with Crippen LogP contribution in [0.3, 0.4) is 0 Å². The number of nitrogens with one attached hydrogen (secondary N) is 3. The fourth-order valence-electron chi connectivity index (χ4n) is 3.37. The SMILES string of the molecule is O=C1CCCC(C2=CC(NC(=O)c3cc4cc(Cl)sc4[nH]3)=CC=CN2)C1. The highest BCUT2D eigenvalue weighted by atomic mass is 35.5. The van der Waals surface area contributed by atoms with Crippen molar-refractivity contribution in [1.29, 1.82) is 0 Å². The maximum atomic E-state index is 12.6. The van der Waals surface area contributed by atoms with Crippen molar-refractivity contribution < 1.29 is 9.59 Å². The molecule has 0 bridgehead atoms. The molecule has 1 aliphatic carbocycles. The van der Waals surface area contributed by atoms with Gasteiger partial charge in [-0.05, 0) is 43.2 Å². The van der Waals surface area contributed by atoms with E-state index in [1.165, 1.54) is 11.3 Å². The lowest BCUT2D eigenvalue weighted by molar-refractivity contribution is -0.121. The van der Waals surface area contributed by atoms with E-state index in [1.807, 2.05) is 30.5 Å². The number of rotatable bonds is 3. The number of halogens is 1. The number of carbonyl (C=O) groups is 2. The van der Waals surface area contributed by atoms with E-state index in [2.05, 4.69) is 15.6 Å². The van der Waals surface area contributed by atoms with Crippen LogP contribution in [0.2, 0.25) is 4.34 Å². The van der Waals surface area contributed by atoms with Crippen molar-refractivity contribution in [3.63, 3.8) is 0 Å². The Labute approximate surface area is 159 Å². The van der Waals surface area contributed by atoms with Gasteiger partial charge in [0, 0.05) is 41.7 Å². The van der Waals surface area contributed by atoms with Gasteiger partial charge in [-0.25, -0.2) is 0 Å². The average Bonchev–Trinajstić information content (AvgIpc) is 3.04. The molecule has 4 rings (SSSR count). The standard InChI is InChI=1S/C19H18ClN3O2S/c20-17-9-12-8-16(23-19(12)26-17)18(25)22-13-4-2-6-21-15(10-13)11-3-1-5-14(24)7-11/h2,4,6,8-11,21,23H,1,3,5,7H2,(H,22,25). The van der Waals surface area contributed by atoms with Gasteiger partial charge in [0.05, 0.1) is 4.34 Å². The second-order valence-corrected chi connectivity index (χ2v) is 8.21. The van der Waals surface area contributed by atoms with Gasteiger partial charge in [0.1, 0.15) is 16.3 Å². The fourth-order valence-corrected chi connectivity index (χ4v) is 4.50. The summed E-state index contributed by atoms with van der Waals surface area (Å²) in [6, 6.07) is 3.63. The second-order valence-electron chi connectivity index (χ2n) is 6.53. The number of thiophene rings is 1. The number of aromatic nitrogens is 1. The maximum Gasteiger partial charge on any atom is 0.272 e. The van der Waals surface area contributed by atoms with Crippen LogP contribution < -0.4 is 10.6 Å². The third kappa shape index (κ3) is 3.61. The van der Waals surface area contributed by atoms with Crippen LogP contribution in [-0.2, 0) is 4.79 Å². The molecule has 0 spiro atoms. The van der Waals surface area contributed by atoms with Crippen LogP contribution in [0.1, 0.15) is 36.2 Å². The molecular formula is C19H18ClN3O2S. The zero-order chi connectivity index (χ0) is 18.1. The number of H-pyrrole nitrogens is 1. The molecule has 0 aromatic carbocycles. The Morgan fingerprint density at radius 3 is 3.04 bits per heavy atom. The number of Topliss-reactive ketones (excluding diaryl/α,β-unsaturated/α-hetero) is 1. The van der Waals surface area contributed by atoms with E-state index >= 15 is 0 Å². The molecule has 3 heterocycles. The zero-order valence-corrected chi connectivity index (χ0v) is 15.5. The molecule has 7 heteroatoms. The predicted molar refractivity (Wildman–Crippen MR) is 104 cm³/mol. The molecule has 0 radical (unpaired) electrons. The summed E-state index contributed by atoms with van der Waals surface area (Å²) in [6.07, 6.45) is 10.6. The third-order valence-corrected chi connectivity index (χ3v) is 5.83. The van der Waals surface area contributed by atoms with E-state index in [0.717, 1.165) is 28.8 Å². The van der Waals surface area contributed by atoms with Crippen molar-refractivity contribution in [2.24, 2.45) is 5.92 Å². The summed E-state index contributed by atoms with van der Waals surface area (Å²) in [5.41, 5.74) is 2.16. The Balaban J connectivity index is 1.51. The van der Waals surface area contributed by atoms with Crippen molar-refractivity contribution in [2.45, 2.75) is 25.7 Å². The van der Waals surface area contributed by atoms with Gasteiger partial charge in [0.2, 0.25) is 0 Å². The average molecular weight is 388 g/mol. The lowest BCUT2D eigenvalue weighted by Gasteiger charge is -2.23. The van der Waals surface area contributed by atoms with Gasteiger partial charge in [-0.1, -0.05) is 11.6 Å². The first-order valence-corrected chi connectivity index (χ1v) is 9.74. The van der Waals surface area contributed by atoms with E-state index in [1.54, 1.807) is 6.07 Å². The number of carbonyl (C=O) groups excluding carboxylic acids is 2. The van der Waals surface area contributed by atoms with Crippen molar-refractivity contribution in [2.75, 3.05) is 0 Å². The molecule has 26 heavy (non-hydrogen) atoms. The lowest BCUT2D eigenvalue weighted by atomic mass is 9.85. The van der Waals surface area contributed by atoms with Crippen molar-refractivity contribution in [1.82, 2.24) is 15.6 Å². The normalized spacial score (nSPS) is 20.3. The molecule has 5 nitrogen and oxygen atoms in total. The summed E-state index contributed by atoms with van der Waals surface area (Å²) in [5.74, 6) is 0.274. The molecule has 1 amide bonds. The first-order valence-electron chi connectivity index (χ1n) is 8.54. The molecule has 2 aromatic heterocycles. The molecule has 1 fully saturated rings. The monoisotopic (exact) mass is 387 g/mol. The number of hydrogen-bond donors (Lipinski definition) is 3. The number of fused-ring (bicyclic) bond motifs is 1. The highest BCUT2D eigenvalue weighted by molar-refractivity contribution is 7.22. The van der Waals surface area contributed by atoms with Crippen molar-refractivity contribution >= 4 is 44.8 Å². The highest BCUT2D eigenvalue weighted by Crippen LogP contribution is 2.30. The summed E-state index contributed by atoms with van der Waals surface area (Å²) in [4.78, 5) is 28.3. The lowest BCUT2D eigenvalue weighted by Crippen LogP contribution is -2.25. The van der Waals surface area contributed by atoms with Crippen LogP contribution in [0.4, 0.5) is 0 Å². The van der Waals surface area contributed by atoms with Gasteiger partial charge < -0.3 is 15.6 Å². The maximum absolute atomic E-state index is 12.6. The first kappa shape index (κ1) is 17.1. The minimum Gasteiger partial charge on any atom is -0.365 e. The van der Waals surface area contributed by atoms with Crippen LogP contribution >= 0.6 is 22.9 Å². The molecule has 1 atom stereocenters. The van der Waals surface area contributed by atoms with Gasteiger partial charge in [-0.15, -0.1) is 11.3 Å². The summed E-state index contributed by atoms with van der Waals surface area (Å²) in [5, 5.41) is 7.10. The van der Waals surface area contributed by atoms with Crippen LogP contribution in [0.15, 0.2) is 48.0 Å². The van der Waals surface area contributed by atoms with Crippen LogP contribution in [0, 0.1) is 5.92 Å². The number of hydrogen-bond acceptors (Lipinski definition) is 4. The summed E-state index contributed by atoms with van der Waals surface area (Å²) in [6.45, 7) is 0. The molecule has 1 saturated carbocycles. The minimum absolute atomic E-state index is 0.178. The number of allylic oxidation sites excluding steroid dienone is 4. The summed E-state index contributed by atoms with van der Waals surface area (Å²) < 4.78 is 0.690. The molecule has 134 valence electrons. The van der Waals surface area contributed by atoms with Crippen LogP contribution in [0.5, 0.6) is 0 Å². The predicted octanol–water partition coefficient (Wildman–Crippen LogP) is 4.26. The number of amides is 1. The quantitative estimate of drug-likeness (QED) is 0.736. The highest BCUT2D eigenvalue weighted by Gasteiger charge is 2.23. The molecule has 2 aromatic rings. The molecule has 1 unspecified atom stereocenters. The smallest absolute Gasteiger partial charge is 0.272 e. The molecule has 3 N–H and O–H groups in total. The Hall–Kier alpha value is -2.31. The van der Waals surface area contributed by atoms with Gasteiger partial charge in [0.15, 0.2) is 0 Å². The van der Waals surface area contributed by atoms with E-state index in [0.29, 0.717) is 34.4 Å². The van der Waals surface area contributed by atoms with E-state index in [-0.39, 0.29) is 11.8 Å². The van der Waals surface area contributed by atoms with Gasteiger partial charge >= 0.3 is 0 Å². The zero-order valence-electron chi connectivity index (χ0n) is 14.0.